The summed E-state index contributed by atoms with van der Waals surface area (Å²) in [5.74, 6) is 2.16. The minimum atomic E-state index is -3.71. The molecule has 2 saturated heterocycles. The van der Waals surface area contributed by atoms with Crippen molar-refractivity contribution in [3.8, 4) is 12.3 Å². The fourth-order valence-corrected chi connectivity index (χ4v) is 4.89. The molecule has 1 aromatic rings. The first kappa shape index (κ1) is 19.9. The van der Waals surface area contributed by atoms with E-state index in [1.54, 1.807) is 12.1 Å². The monoisotopic (exact) mass is 389 g/mol. The van der Waals surface area contributed by atoms with Gasteiger partial charge in [0.2, 0.25) is 10.0 Å². The Morgan fingerprint density at radius 2 is 1.96 bits per heavy atom. The van der Waals surface area contributed by atoms with Crippen LogP contribution in [0.2, 0.25) is 0 Å². The average Bonchev–Trinajstić information content (AvgIpc) is 3.15. The SMILES string of the molecule is C#CCNS(=O)(=O)c1cccc(C(=O)N2CCC[C@@H]2CN2CCCCC2)c1. The van der Waals surface area contributed by atoms with Gasteiger partial charge in [-0.05, 0) is 57.0 Å². The molecule has 1 N–H and O–H groups in total. The van der Waals surface area contributed by atoms with Gasteiger partial charge in [-0.1, -0.05) is 18.4 Å². The summed E-state index contributed by atoms with van der Waals surface area (Å²) in [7, 11) is -3.71. The molecule has 0 aliphatic carbocycles. The molecule has 0 unspecified atom stereocenters. The first-order valence-corrected chi connectivity index (χ1v) is 11.1. The lowest BCUT2D eigenvalue weighted by Crippen LogP contribution is -2.44. The van der Waals surface area contributed by atoms with E-state index in [2.05, 4.69) is 15.5 Å². The minimum Gasteiger partial charge on any atom is -0.334 e. The number of carbonyl (C=O) groups excluding carboxylic acids is 1. The zero-order valence-electron chi connectivity index (χ0n) is 15.6. The zero-order valence-corrected chi connectivity index (χ0v) is 16.4. The highest BCUT2D eigenvalue weighted by Crippen LogP contribution is 2.23. The van der Waals surface area contributed by atoms with Gasteiger partial charge >= 0.3 is 0 Å². The van der Waals surface area contributed by atoms with Crippen LogP contribution in [-0.2, 0) is 10.0 Å². The minimum absolute atomic E-state index is 0.0652. The Hall–Kier alpha value is -1.88. The molecule has 1 atom stereocenters. The van der Waals surface area contributed by atoms with Gasteiger partial charge in [0.25, 0.3) is 5.91 Å². The van der Waals surface area contributed by atoms with Crippen LogP contribution < -0.4 is 4.72 Å². The van der Waals surface area contributed by atoms with Crippen molar-refractivity contribution in [2.75, 3.05) is 32.7 Å². The van der Waals surface area contributed by atoms with Crippen LogP contribution in [0.1, 0.15) is 42.5 Å². The lowest BCUT2D eigenvalue weighted by atomic mass is 10.1. The van der Waals surface area contributed by atoms with E-state index < -0.39 is 10.0 Å². The maximum atomic E-state index is 13.1. The molecule has 0 aromatic heterocycles. The predicted octanol–water partition coefficient (Wildman–Crippen LogP) is 1.69. The van der Waals surface area contributed by atoms with Crippen LogP contribution in [0.15, 0.2) is 29.2 Å². The topological polar surface area (TPSA) is 69.7 Å². The lowest BCUT2D eigenvalue weighted by Gasteiger charge is -2.33. The van der Waals surface area contributed by atoms with E-state index in [4.69, 9.17) is 6.42 Å². The van der Waals surface area contributed by atoms with Gasteiger partial charge in [0.1, 0.15) is 0 Å². The number of nitrogens with one attached hydrogen (secondary N) is 1. The Balaban J connectivity index is 1.73. The maximum Gasteiger partial charge on any atom is 0.254 e. The Labute approximate surface area is 162 Å². The van der Waals surface area contributed by atoms with E-state index in [9.17, 15) is 13.2 Å². The smallest absolute Gasteiger partial charge is 0.254 e. The fourth-order valence-electron chi connectivity index (χ4n) is 3.92. The summed E-state index contributed by atoms with van der Waals surface area (Å²) in [5.41, 5.74) is 0.407. The van der Waals surface area contributed by atoms with Crippen LogP contribution in [0.5, 0.6) is 0 Å². The molecule has 0 spiro atoms. The molecule has 146 valence electrons. The van der Waals surface area contributed by atoms with Gasteiger partial charge in [0.05, 0.1) is 11.4 Å². The number of benzene rings is 1. The highest BCUT2D eigenvalue weighted by atomic mass is 32.2. The second-order valence-electron chi connectivity index (χ2n) is 7.21. The molecule has 7 heteroatoms. The van der Waals surface area contributed by atoms with Crippen LogP contribution in [-0.4, -0.2) is 62.9 Å². The van der Waals surface area contributed by atoms with Gasteiger partial charge in [-0.25, -0.2) is 8.42 Å². The van der Waals surface area contributed by atoms with Gasteiger partial charge in [-0.2, -0.15) is 4.72 Å². The van der Waals surface area contributed by atoms with Crippen LogP contribution >= 0.6 is 0 Å². The van der Waals surface area contributed by atoms with Gasteiger partial charge in [-0.3, -0.25) is 4.79 Å². The van der Waals surface area contributed by atoms with Gasteiger partial charge in [-0.15, -0.1) is 6.42 Å². The number of rotatable bonds is 6. The van der Waals surface area contributed by atoms with Crippen molar-refractivity contribution in [3.05, 3.63) is 29.8 Å². The van der Waals surface area contributed by atoms with E-state index in [0.29, 0.717) is 5.56 Å². The summed E-state index contributed by atoms with van der Waals surface area (Å²) < 4.78 is 26.9. The number of hydrogen-bond donors (Lipinski definition) is 1. The zero-order chi connectivity index (χ0) is 19.3. The third-order valence-electron chi connectivity index (χ3n) is 5.31. The van der Waals surface area contributed by atoms with Crippen LogP contribution in [0.3, 0.4) is 0 Å². The lowest BCUT2D eigenvalue weighted by molar-refractivity contribution is 0.0690. The largest absolute Gasteiger partial charge is 0.334 e. The van der Waals surface area contributed by atoms with Crippen LogP contribution in [0, 0.1) is 12.3 Å². The average molecular weight is 390 g/mol. The number of terminal acetylenes is 1. The van der Waals surface area contributed by atoms with Crippen molar-refractivity contribution in [1.82, 2.24) is 14.5 Å². The Kier molecular flexibility index (Phi) is 6.53. The van der Waals surface area contributed by atoms with Gasteiger partial charge in [0.15, 0.2) is 0 Å². The molecule has 1 aromatic carbocycles. The van der Waals surface area contributed by atoms with Crippen molar-refractivity contribution in [3.63, 3.8) is 0 Å². The molecule has 2 fully saturated rings. The van der Waals surface area contributed by atoms with Crippen molar-refractivity contribution >= 4 is 15.9 Å². The Morgan fingerprint density at radius 1 is 1.19 bits per heavy atom. The summed E-state index contributed by atoms with van der Waals surface area (Å²) in [5, 5.41) is 0. The molecule has 2 aliphatic rings. The Bertz CT molecular complexity index is 810. The standard InChI is InChI=1S/C20H27N3O3S/c1-2-11-21-27(25,26)19-10-6-8-17(15-19)20(24)23-14-7-9-18(23)16-22-12-4-3-5-13-22/h1,6,8,10,15,18,21H,3-5,7,9,11-14,16H2/t18-/m1/s1. The summed E-state index contributed by atoms with van der Waals surface area (Å²) >= 11 is 0. The van der Waals surface area contributed by atoms with E-state index in [1.165, 1.54) is 31.4 Å². The van der Waals surface area contributed by atoms with E-state index in [0.717, 1.165) is 39.0 Å². The molecule has 1 amide bonds. The normalized spacial score (nSPS) is 21.1. The number of hydrogen-bond acceptors (Lipinski definition) is 4. The number of sulfonamides is 1. The third-order valence-corrected chi connectivity index (χ3v) is 6.71. The van der Waals surface area contributed by atoms with Crippen molar-refractivity contribution in [2.45, 2.75) is 43.0 Å². The van der Waals surface area contributed by atoms with Crippen LogP contribution in [0.25, 0.3) is 0 Å². The number of piperidine rings is 1. The number of likely N-dealkylation sites (tertiary alicyclic amines) is 2. The second kappa shape index (κ2) is 8.87. The van der Waals surface area contributed by atoms with Crippen molar-refractivity contribution in [1.29, 1.82) is 0 Å². The van der Waals surface area contributed by atoms with Crippen molar-refractivity contribution in [2.24, 2.45) is 0 Å². The van der Waals surface area contributed by atoms with Crippen LogP contribution in [0.4, 0.5) is 0 Å². The van der Waals surface area contributed by atoms with E-state index >= 15 is 0 Å². The molecule has 0 radical (unpaired) electrons. The molecule has 2 heterocycles. The highest BCUT2D eigenvalue weighted by molar-refractivity contribution is 7.89. The molecule has 0 saturated carbocycles. The molecular weight excluding hydrogens is 362 g/mol. The molecule has 6 nitrogen and oxygen atoms in total. The second-order valence-corrected chi connectivity index (χ2v) is 8.98. The number of nitrogens with zero attached hydrogens (tertiary/aromatic N) is 2. The van der Waals surface area contributed by atoms with Gasteiger partial charge in [0, 0.05) is 24.7 Å². The third kappa shape index (κ3) is 4.89. The molecule has 2 aliphatic heterocycles. The summed E-state index contributed by atoms with van der Waals surface area (Å²) in [6.45, 7) is 3.77. The summed E-state index contributed by atoms with van der Waals surface area (Å²) in [6, 6.07) is 6.41. The number of carbonyl (C=O) groups is 1. The molecule has 3 rings (SSSR count). The summed E-state index contributed by atoms with van der Waals surface area (Å²) in [4.78, 5) is 17.5. The number of amides is 1. The predicted molar refractivity (Wildman–Crippen MR) is 105 cm³/mol. The Morgan fingerprint density at radius 3 is 2.70 bits per heavy atom. The summed E-state index contributed by atoms with van der Waals surface area (Å²) in [6.07, 6.45) is 10.9. The molecular formula is C20H27N3O3S. The quantitative estimate of drug-likeness (QED) is 0.752. The van der Waals surface area contributed by atoms with E-state index in [1.807, 2.05) is 4.90 Å². The molecule has 0 bridgehead atoms. The van der Waals surface area contributed by atoms with Crippen molar-refractivity contribution < 1.29 is 13.2 Å². The highest BCUT2D eigenvalue weighted by Gasteiger charge is 2.31. The first-order chi connectivity index (χ1) is 13.0. The maximum absolute atomic E-state index is 13.1. The van der Waals surface area contributed by atoms with Gasteiger partial charge < -0.3 is 9.80 Å². The fraction of sp³-hybridized carbons (Fsp3) is 0.550. The first-order valence-electron chi connectivity index (χ1n) is 9.58. The van der Waals surface area contributed by atoms with E-state index in [-0.39, 0.29) is 23.4 Å². The molecule has 27 heavy (non-hydrogen) atoms.